The van der Waals surface area contributed by atoms with Gasteiger partial charge < -0.3 is 15.7 Å². The largest absolute Gasteiger partial charge is 0.406 e. The van der Waals surface area contributed by atoms with Crippen molar-refractivity contribution in [1.82, 2.24) is 15.1 Å². The molecule has 18 heavy (non-hydrogen) atoms. The molecule has 0 radical (unpaired) electrons. The summed E-state index contributed by atoms with van der Waals surface area (Å²) in [5, 5.41) is 14.7. The number of aryl methyl sites for hydroxylation is 1. The van der Waals surface area contributed by atoms with Crippen molar-refractivity contribution in [2.24, 2.45) is 0 Å². The molecule has 0 aliphatic heterocycles. The van der Waals surface area contributed by atoms with Crippen LogP contribution in [0.5, 0.6) is 0 Å². The highest BCUT2D eigenvalue weighted by atomic mass is 19.4. The lowest BCUT2D eigenvalue weighted by molar-refractivity contribution is -0.141. The zero-order valence-corrected chi connectivity index (χ0v) is 9.58. The fraction of sp³-hybridized carbons (Fsp3) is 0.556. The third kappa shape index (κ3) is 3.36. The third-order valence-electron chi connectivity index (χ3n) is 2.22. The average Bonchev–Trinajstić information content (AvgIpc) is 2.55. The highest BCUT2D eigenvalue weighted by Crippen LogP contribution is 2.20. The van der Waals surface area contributed by atoms with Crippen molar-refractivity contribution < 1.29 is 23.1 Å². The number of nitrogen functional groups attached to an aromatic ring is 1. The third-order valence-corrected chi connectivity index (χ3v) is 2.22. The Labute approximate surface area is 101 Å². The number of alkyl halides is 3. The van der Waals surface area contributed by atoms with Gasteiger partial charge in [-0.25, -0.2) is 0 Å². The number of aromatic amines is 1. The monoisotopic (exact) mass is 266 g/mol. The van der Waals surface area contributed by atoms with E-state index in [0.29, 0.717) is 4.90 Å². The van der Waals surface area contributed by atoms with Crippen LogP contribution in [0.15, 0.2) is 0 Å². The van der Waals surface area contributed by atoms with Gasteiger partial charge in [-0.3, -0.25) is 9.89 Å². The van der Waals surface area contributed by atoms with E-state index in [-0.39, 0.29) is 17.1 Å². The van der Waals surface area contributed by atoms with Gasteiger partial charge in [0.1, 0.15) is 12.1 Å². The second kappa shape index (κ2) is 5.25. The Balaban J connectivity index is 2.96. The lowest BCUT2D eigenvalue weighted by Gasteiger charge is -2.23. The summed E-state index contributed by atoms with van der Waals surface area (Å²) in [6, 6.07) is 0. The Bertz CT molecular complexity index is 410. The molecule has 0 atom stereocenters. The molecule has 6 nitrogen and oxygen atoms in total. The van der Waals surface area contributed by atoms with Gasteiger partial charge in [0.05, 0.1) is 6.61 Å². The van der Waals surface area contributed by atoms with Crippen LogP contribution in [-0.4, -0.2) is 52.0 Å². The van der Waals surface area contributed by atoms with Gasteiger partial charge >= 0.3 is 6.18 Å². The molecule has 0 unspecified atom stereocenters. The number of hydrogen-bond donors (Lipinski definition) is 3. The topological polar surface area (TPSA) is 95.2 Å². The van der Waals surface area contributed by atoms with Gasteiger partial charge in [-0.2, -0.15) is 18.3 Å². The number of hydrogen-bond acceptors (Lipinski definition) is 4. The van der Waals surface area contributed by atoms with Crippen LogP contribution in [0.3, 0.4) is 0 Å². The molecule has 0 fully saturated rings. The molecule has 0 spiro atoms. The van der Waals surface area contributed by atoms with Crippen molar-refractivity contribution in [3.05, 3.63) is 11.3 Å². The first-order chi connectivity index (χ1) is 8.26. The van der Waals surface area contributed by atoms with Crippen LogP contribution < -0.4 is 5.73 Å². The maximum absolute atomic E-state index is 12.3. The minimum Gasteiger partial charge on any atom is -0.395 e. The Kier molecular flexibility index (Phi) is 4.17. The Morgan fingerprint density at radius 2 is 2.17 bits per heavy atom. The number of nitrogens with zero attached hydrogens (tertiary/aromatic N) is 2. The molecule has 1 aromatic rings. The Morgan fingerprint density at radius 3 is 2.56 bits per heavy atom. The van der Waals surface area contributed by atoms with Crippen LogP contribution in [0.1, 0.15) is 16.1 Å². The number of carbonyl (C=O) groups excluding carboxylic acids is 1. The number of aliphatic hydroxyl groups is 1. The summed E-state index contributed by atoms with van der Waals surface area (Å²) in [6.07, 6.45) is -4.54. The van der Waals surface area contributed by atoms with Crippen molar-refractivity contribution in [2.75, 3.05) is 25.4 Å². The standard InChI is InChI=1S/C9H13F3N4O2/c1-5-6(7(13)15-14-5)8(18)16(2-3-17)4-9(10,11)12/h17H,2-4H2,1H3,(H3,13,14,15). The van der Waals surface area contributed by atoms with Crippen molar-refractivity contribution in [3.8, 4) is 0 Å². The zero-order valence-electron chi connectivity index (χ0n) is 9.58. The number of nitrogens with two attached hydrogens (primary N) is 1. The van der Waals surface area contributed by atoms with Gasteiger partial charge in [0.15, 0.2) is 5.82 Å². The van der Waals surface area contributed by atoms with E-state index in [9.17, 15) is 18.0 Å². The van der Waals surface area contributed by atoms with E-state index in [2.05, 4.69) is 10.2 Å². The summed E-state index contributed by atoms with van der Waals surface area (Å²) in [5.74, 6) is -1.08. The first-order valence-electron chi connectivity index (χ1n) is 5.03. The molecule has 9 heteroatoms. The van der Waals surface area contributed by atoms with E-state index in [1.54, 1.807) is 0 Å². The Hall–Kier alpha value is -1.77. The molecule has 1 rings (SSSR count). The molecular weight excluding hydrogens is 253 g/mol. The minimum absolute atomic E-state index is 0.104. The van der Waals surface area contributed by atoms with Crippen LogP contribution in [0.25, 0.3) is 0 Å². The van der Waals surface area contributed by atoms with Crippen LogP contribution in [0.4, 0.5) is 19.0 Å². The van der Waals surface area contributed by atoms with E-state index >= 15 is 0 Å². The van der Waals surface area contributed by atoms with E-state index in [4.69, 9.17) is 10.8 Å². The molecule has 0 aliphatic rings. The second-order valence-electron chi connectivity index (χ2n) is 3.67. The van der Waals surface area contributed by atoms with Crippen LogP contribution in [-0.2, 0) is 0 Å². The number of anilines is 1. The summed E-state index contributed by atoms with van der Waals surface area (Å²) in [5.41, 5.74) is 5.58. The number of carbonyl (C=O) groups is 1. The van der Waals surface area contributed by atoms with Crippen molar-refractivity contribution in [3.63, 3.8) is 0 Å². The smallest absolute Gasteiger partial charge is 0.395 e. The number of amides is 1. The number of halogens is 3. The normalized spacial score (nSPS) is 11.6. The van der Waals surface area contributed by atoms with E-state index in [0.717, 1.165) is 0 Å². The van der Waals surface area contributed by atoms with Gasteiger partial charge in [-0.1, -0.05) is 0 Å². The summed E-state index contributed by atoms with van der Waals surface area (Å²) in [4.78, 5) is 12.4. The van der Waals surface area contributed by atoms with E-state index in [1.165, 1.54) is 6.92 Å². The molecule has 0 saturated heterocycles. The first-order valence-corrected chi connectivity index (χ1v) is 5.03. The molecule has 1 aromatic heterocycles. The quantitative estimate of drug-likeness (QED) is 0.730. The molecule has 0 bridgehead atoms. The molecule has 0 saturated carbocycles. The fourth-order valence-corrected chi connectivity index (χ4v) is 1.47. The molecule has 0 aliphatic carbocycles. The lowest BCUT2D eigenvalue weighted by Crippen LogP contribution is -2.41. The second-order valence-corrected chi connectivity index (χ2v) is 3.67. The summed E-state index contributed by atoms with van der Waals surface area (Å²) in [6.45, 7) is -0.973. The predicted molar refractivity (Wildman–Crippen MR) is 56.8 cm³/mol. The molecule has 1 amide bonds. The first kappa shape index (κ1) is 14.3. The van der Waals surface area contributed by atoms with Gasteiger partial charge in [0.2, 0.25) is 0 Å². The maximum Gasteiger partial charge on any atom is 0.406 e. The van der Waals surface area contributed by atoms with Crippen molar-refractivity contribution in [2.45, 2.75) is 13.1 Å². The van der Waals surface area contributed by atoms with Crippen LogP contribution in [0, 0.1) is 6.92 Å². The number of rotatable bonds is 4. The highest BCUT2D eigenvalue weighted by Gasteiger charge is 2.34. The van der Waals surface area contributed by atoms with Crippen molar-refractivity contribution >= 4 is 11.7 Å². The molecule has 0 aromatic carbocycles. The fourth-order valence-electron chi connectivity index (χ4n) is 1.47. The number of aliphatic hydroxyl groups excluding tert-OH is 1. The van der Waals surface area contributed by atoms with Crippen molar-refractivity contribution in [1.29, 1.82) is 0 Å². The lowest BCUT2D eigenvalue weighted by atomic mass is 10.2. The molecule has 102 valence electrons. The highest BCUT2D eigenvalue weighted by molar-refractivity contribution is 5.99. The summed E-state index contributed by atoms with van der Waals surface area (Å²) < 4.78 is 36.9. The van der Waals surface area contributed by atoms with Gasteiger partial charge in [0, 0.05) is 12.2 Å². The average molecular weight is 266 g/mol. The van der Waals surface area contributed by atoms with E-state index in [1.807, 2.05) is 0 Å². The van der Waals surface area contributed by atoms with E-state index < -0.39 is 31.8 Å². The molecular formula is C9H13F3N4O2. The molecule has 4 N–H and O–H groups in total. The zero-order chi connectivity index (χ0) is 13.9. The van der Waals surface area contributed by atoms with Crippen LogP contribution >= 0.6 is 0 Å². The van der Waals surface area contributed by atoms with Crippen LogP contribution in [0.2, 0.25) is 0 Å². The SMILES string of the molecule is Cc1[nH]nc(N)c1C(=O)N(CCO)CC(F)(F)F. The summed E-state index contributed by atoms with van der Waals surface area (Å²) >= 11 is 0. The Morgan fingerprint density at radius 1 is 1.56 bits per heavy atom. The number of H-pyrrole nitrogens is 1. The van der Waals surface area contributed by atoms with Gasteiger partial charge in [-0.15, -0.1) is 0 Å². The van der Waals surface area contributed by atoms with Gasteiger partial charge in [0.25, 0.3) is 5.91 Å². The number of aromatic nitrogens is 2. The predicted octanol–water partition coefficient (Wildman–Crippen LogP) is 0.297. The molecule has 1 heterocycles. The van der Waals surface area contributed by atoms with Gasteiger partial charge in [-0.05, 0) is 6.92 Å². The maximum atomic E-state index is 12.3. The minimum atomic E-state index is -4.54. The number of nitrogens with one attached hydrogen (secondary N) is 1. The summed E-state index contributed by atoms with van der Waals surface area (Å²) in [7, 11) is 0.